The lowest BCUT2D eigenvalue weighted by Gasteiger charge is -2.17. The zero-order valence-corrected chi connectivity index (χ0v) is 19.7. The van der Waals surface area contributed by atoms with Gasteiger partial charge in [0.15, 0.2) is 5.96 Å². The van der Waals surface area contributed by atoms with E-state index in [0.29, 0.717) is 19.1 Å². The average molecular weight is 516 g/mol. The molecule has 1 aliphatic carbocycles. The third kappa shape index (κ3) is 7.56. The highest BCUT2D eigenvalue weighted by Gasteiger charge is 2.32. The van der Waals surface area contributed by atoms with Crippen LogP contribution in [0.15, 0.2) is 23.2 Å². The van der Waals surface area contributed by atoms with Crippen LogP contribution >= 0.6 is 24.0 Å². The second-order valence-electron chi connectivity index (χ2n) is 7.25. The highest BCUT2D eigenvalue weighted by atomic mass is 127. The van der Waals surface area contributed by atoms with Gasteiger partial charge in [-0.25, -0.2) is 4.79 Å². The number of rotatable bonds is 9. The van der Waals surface area contributed by atoms with Crippen LogP contribution in [-0.4, -0.2) is 50.9 Å². The predicted octanol–water partition coefficient (Wildman–Crippen LogP) is 2.86. The number of benzene rings is 1. The van der Waals surface area contributed by atoms with Gasteiger partial charge in [0.05, 0.1) is 25.8 Å². The maximum Gasteiger partial charge on any atom is 0.407 e. The second kappa shape index (κ2) is 12.1. The molecule has 1 atom stereocenters. The summed E-state index contributed by atoms with van der Waals surface area (Å²) in [6, 6.07) is 6.47. The van der Waals surface area contributed by atoms with Crippen LogP contribution in [-0.2, 0) is 17.6 Å². The molecule has 29 heavy (non-hydrogen) atoms. The SMILES string of the molecule is CCNC(=NCC(NC(=O)OCC)C1CC1)NCCc1ccc2c(c1)CCO2.I. The van der Waals surface area contributed by atoms with Gasteiger partial charge in [0.1, 0.15) is 5.75 Å². The van der Waals surface area contributed by atoms with Crippen molar-refractivity contribution in [2.24, 2.45) is 10.9 Å². The molecule has 0 radical (unpaired) electrons. The highest BCUT2D eigenvalue weighted by Crippen LogP contribution is 2.32. The molecule has 8 heteroatoms. The Balaban J connectivity index is 0.00000300. The van der Waals surface area contributed by atoms with Crippen LogP contribution in [0.1, 0.15) is 37.8 Å². The summed E-state index contributed by atoms with van der Waals surface area (Å²) in [5, 5.41) is 9.62. The summed E-state index contributed by atoms with van der Waals surface area (Å²) in [6.45, 7) is 7.17. The van der Waals surface area contributed by atoms with E-state index in [1.54, 1.807) is 0 Å². The molecule has 1 unspecified atom stereocenters. The zero-order chi connectivity index (χ0) is 19.8. The van der Waals surface area contributed by atoms with Crippen molar-refractivity contribution in [1.29, 1.82) is 0 Å². The van der Waals surface area contributed by atoms with Gasteiger partial charge in [-0.2, -0.15) is 0 Å². The van der Waals surface area contributed by atoms with Gasteiger partial charge in [0.2, 0.25) is 0 Å². The van der Waals surface area contributed by atoms with Gasteiger partial charge >= 0.3 is 6.09 Å². The molecule has 162 valence electrons. The number of nitrogens with zero attached hydrogens (tertiary/aromatic N) is 1. The number of hydrogen-bond acceptors (Lipinski definition) is 4. The molecular formula is C21H33IN4O3. The number of fused-ring (bicyclic) bond motifs is 1. The van der Waals surface area contributed by atoms with Crippen molar-refractivity contribution in [2.75, 3.05) is 32.8 Å². The Kier molecular flexibility index (Phi) is 9.83. The van der Waals surface area contributed by atoms with Crippen molar-refractivity contribution in [2.45, 2.75) is 45.6 Å². The Morgan fingerprint density at radius 2 is 2.14 bits per heavy atom. The van der Waals surface area contributed by atoms with Crippen LogP contribution < -0.4 is 20.7 Å². The van der Waals surface area contributed by atoms with Crippen LogP contribution in [0.25, 0.3) is 0 Å². The van der Waals surface area contributed by atoms with Crippen LogP contribution in [0, 0.1) is 5.92 Å². The zero-order valence-electron chi connectivity index (χ0n) is 17.3. The summed E-state index contributed by atoms with van der Waals surface area (Å²) in [4.78, 5) is 16.4. The van der Waals surface area contributed by atoms with E-state index in [1.807, 2.05) is 13.8 Å². The van der Waals surface area contributed by atoms with Crippen molar-refractivity contribution in [1.82, 2.24) is 16.0 Å². The number of nitrogens with one attached hydrogen (secondary N) is 3. The molecule has 7 nitrogen and oxygen atoms in total. The van der Waals surface area contributed by atoms with E-state index in [2.05, 4.69) is 39.1 Å². The van der Waals surface area contributed by atoms with Crippen molar-refractivity contribution in [3.05, 3.63) is 29.3 Å². The number of aliphatic imine (C=N–C) groups is 1. The van der Waals surface area contributed by atoms with Crippen molar-refractivity contribution in [3.8, 4) is 5.75 Å². The van der Waals surface area contributed by atoms with E-state index >= 15 is 0 Å². The molecule has 1 fully saturated rings. The molecule has 1 heterocycles. The summed E-state index contributed by atoms with van der Waals surface area (Å²) < 4.78 is 10.6. The number of halogens is 1. The van der Waals surface area contributed by atoms with Crippen LogP contribution in [0.3, 0.4) is 0 Å². The minimum atomic E-state index is -0.354. The second-order valence-corrected chi connectivity index (χ2v) is 7.25. The fourth-order valence-electron chi connectivity index (χ4n) is 3.39. The summed E-state index contributed by atoms with van der Waals surface area (Å²) >= 11 is 0. The third-order valence-corrected chi connectivity index (χ3v) is 5.02. The van der Waals surface area contributed by atoms with Gasteiger partial charge in [0.25, 0.3) is 0 Å². The Labute approximate surface area is 190 Å². The molecular weight excluding hydrogens is 483 g/mol. The fourth-order valence-corrected chi connectivity index (χ4v) is 3.39. The number of alkyl carbamates (subject to hydrolysis) is 1. The molecule has 3 N–H and O–H groups in total. The summed E-state index contributed by atoms with van der Waals surface area (Å²) in [5.41, 5.74) is 2.60. The van der Waals surface area contributed by atoms with Gasteiger partial charge in [-0.3, -0.25) is 4.99 Å². The molecule has 1 amide bonds. The van der Waals surface area contributed by atoms with Gasteiger partial charge in [-0.05, 0) is 56.2 Å². The maximum atomic E-state index is 11.7. The molecule has 2 aliphatic rings. The molecule has 1 aromatic carbocycles. The average Bonchev–Trinajstić information content (AvgIpc) is 3.42. The lowest BCUT2D eigenvalue weighted by atomic mass is 10.1. The Hall–Kier alpha value is -1.71. The number of carbonyl (C=O) groups excluding carboxylic acids is 1. The first-order valence-electron chi connectivity index (χ1n) is 10.4. The van der Waals surface area contributed by atoms with Crippen molar-refractivity contribution >= 4 is 36.0 Å². The van der Waals surface area contributed by atoms with E-state index in [0.717, 1.165) is 57.1 Å². The van der Waals surface area contributed by atoms with Crippen LogP contribution in [0.5, 0.6) is 5.75 Å². The quantitative estimate of drug-likeness (QED) is 0.267. The van der Waals surface area contributed by atoms with Gasteiger partial charge in [-0.1, -0.05) is 12.1 Å². The molecule has 1 aromatic rings. The van der Waals surface area contributed by atoms with E-state index in [-0.39, 0.29) is 36.1 Å². The number of guanidine groups is 1. The molecule has 3 rings (SSSR count). The molecule has 1 saturated carbocycles. The van der Waals surface area contributed by atoms with Gasteiger partial charge in [-0.15, -0.1) is 24.0 Å². The summed E-state index contributed by atoms with van der Waals surface area (Å²) in [5.74, 6) is 2.31. The highest BCUT2D eigenvalue weighted by molar-refractivity contribution is 14.0. The molecule has 0 spiro atoms. The number of amides is 1. The fraction of sp³-hybridized carbons (Fsp3) is 0.619. The predicted molar refractivity (Wildman–Crippen MR) is 125 cm³/mol. The monoisotopic (exact) mass is 516 g/mol. The number of hydrogen-bond donors (Lipinski definition) is 3. The standard InChI is InChI=1S/C21H32N4O3.HI/c1-3-22-20(24-14-18(16-6-7-16)25-21(26)27-4-2)23-11-9-15-5-8-19-17(13-15)10-12-28-19;/h5,8,13,16,18H,3-4,6-7,9-12,14H2,1-2H3,(H,25,26)(H2,22,23,24);1H. The summed E-state index contributed by atoms with van der Waals surface area (Å²) in [7, 11) is 0. The molecule has 1 aliphatic heterocycles. The maximum absolute atomic E-state index is 11.7. The first-order valence-corrected chi connectivity index (χ1v) is 10.4. The van der Waals surface area contributed by atoms with E-state index in [1.165, 1.54) is 11.1 Å². The van der Waals surface area contributed by atoms with Crippen molar-refractivity contribution in [3.63, 3.8) is 0 Å². The normalized spacial score (nSPS) is 16.1. The smallest absolute Gasteiger partial charge is 0.407 e. The van der Waals surface area contributed by atoms with Gasteiger partial charge in [0, 0.05) is 19.5 Å². The Bertz CT molecular complexity index is 695. The molecule has 0 saturated heterocycles. The topological polar surface area (TPSA) is 84.0 Å². The molecule has 0 aromatic heterocycles. The third-order valence-electron chi connectivity index (χ3n) is 5.02. The first kappa shape index (κ1) is 23.6. The van der Waals surface area contributed by atoms with Crippen LogP contribution in [0.4, 0.5) is 4.79 Å². The first-order chi connectivity index (χ1) is 13.7. The Morgan fingerprint density at radius 3 is 2.86 bits per heavy atom. The van der Waals surface area contributed by atoms with E-state index < -0.39 is 0 Å². The van der Waals surface area contributed by atoms with E-state index in [4.69, 9.17) is 9.47 Å². The van der Waals surface area contributed by atoms with E-state index in [9.17, 15) is 4.79 Å². The van der Waals surface area contributed by atoms with Crippen LogP contribution in [0.2, 0.25) is 0 Å². The minimum absolute atomic E-state index is 0. The summed E-state index contributed by atoms with van der Waals surface area (Å²) in [6.07, 6.45) is 3.84. The lowest BCUT2D eigenvalue weighted by Crippen LogP contribution is -2.42. The largest absolute Gasteiger partial charge is 0.493 e. The van der Waals surface area contributed by atoms with Gasteiger partial charge < -0.3 is 25.4 Å². The minimum Gasteiger partial charge on any atom is -0.493 e. The lowest BCUT2D eigenvalue weighted by molar-refractivity contribution is 0.147. The Morgan fingerprint density at radius 1 is 1.31 bits per heavy atom. The molecule has 0 bridgehead atoms. The number of ether oxygens (including phenoxy) is 2. The van der Waals surface area contributed by atoms with Crippen molar-refractivity contribution < 1.29 is 14.3 Å². The number of carbonyl (C=O) groups is 1.